The van der Waals surface area contributed by atoms with Crippen LogP contribution in [0, 0.1) is 6.92 Å². The van der Waals surface area contributed by atoms with Gasteiger partial charge in [-0.1, -0.05) is 12.1 Å². The highest BCUT2D eigenvalue weighted by Crippen LogP contribution is 2.30. The van der Waals surface area contributed by atoms with E-state index in [2.05, 4.69) is 15.3 Å². The summed E-state index contributed by atoms with van der Waals surface area (Å²) in [6.45, 7) is 1.79. The van der Waals surface area contributed by atoms with Crippen molar-refractivity contribution in [3.8, 4) is 0 Å². The molecule has 0 saturated heterocycles. The molecular weight excluding hydrogens is 285 g/mol. The van der Waals surface area contributed by atoms with E-state index >= 15 is 0 Å². The third-order valence-electron chi connectivity index (χ3n) is 2.60. The molecule has 21 heavy (non-hydrogen) atoms. The molecule has 0 radical (unpaired) electrons. The molecule has 1 amide bonds. The molecule has 110 valence electrons. The molecule has 0 spiro atoms. The first-order chi connectivity index (χ1) is 9.77. The molecule has 8 heteroatoms. The zero-order valence-electron chi connectivity index (χ0n) is 10.9. The molecule has 1 aromatic carbocycles. The number of aryl methyl sites for hydroxylation is 1. The molecular formula is C13H11F3N4O. The average Bonchev–Trinajstić information content (AvgIpc) is 2.37. The summed E-state index contributed by atoms with van der Waals surface area (Å²) in [5, 5.41) is 2.37. The van der Waals surface area contributed by atoms with E-state index in [0.29, 0.717) is 5.69 Å². The molecule has 1 heterocycles. The van der Waals surface area contributed by atoms with Crippen LogP contribution in [0.3, 0.4) is 0 Å². The molecule has 5 nitrogen and oxygen atoms in total. The maximum Gasteiger partial charge on any atom is 0.434 e. The third kappa shape index (κ3) is 3.47. The van der Waals surface area contributed by atoms with Gasteiger partial charge in [-0.15, -0.1) is 0 Å². The Morgan fingerprint density at radius 2 is 2.05 bits per heavy atom. The average molecular weight is 296 g/mol. The lowest BCUT2D eigenvalue weighted by Crippen LogP contribution is -2.21. The fourth-order valence-electron chi connectivity index (χ4n) is 1.70. The quantitative estimate of drug-likeness (QED) is 0.892. The highest BCUT2D eigenvalue weighted by Gasteiger charge is 2.38. The fourth-order valence-corrected chi connectivity index (χ4v) is 1.70. The number of aromatic nitrogens is 2. The molecule has 0 fully saturated rings. The van der Waals surface area contributed by atoms with Crippen LogP contribution in [0.1, 0.15) is 21.6 Å². The summed E-state index contributed by atoms with van der Waals surface area (Å²) < 4.78 is 38.6. The molecule has 0 atom stereocenters. The molecule has 0 bridgehead atoms. The van der Waals surface area contributed by atoms with Crippen LogP contribution in [0.15, 0.2) is 30.5 Å². The van der Waals surface area contributed by atoms with Gasteiger partial charge in [-0.3, -0.25) is 4.79 Å². The SMILES string of the molecule is Cc1cccc(NC(=O)c2cnc(N)nc2C(F)(F)F)c1. The first-order valence-electron chi connectivity index (χ1n) is 5.85. The summed E-state index contributed by atoms with van der Waals surface area (Å²) >= 11 is 0. The smallest absolute Gasteiger partial charge is 0.368 e. The number of nitrogens with zero attached hydrogens (tertiary/aromatic N) is 2. The Kier molecular flexibility index (Phi) is 3.79. The molecule has 2 rings (SSSR count). The Labute approximate surface area is 118 Å². The largest absolute Gasteiger partial charge is 0.434 e. The summed E-state index contributed by atoms with van der Waals surface area (Å²) in [5.41, 5.74) is 4.34. The number of carbonyl (C=O) groups excluding carboxylic acids is 1. The first-order valence-corrected chi connectivity index (χ1v) is 5.85. The van der Waals surface area contributed by atoms with Gasteiger partial charge in [0, 0.05) is 11.9 Å². The number of carbonyl (C=O) groups is 1. The summed E-state index contributed by atoms with van der Waals surface area (Å²) in [6, 6.07) is 6.66. The van der Waals surface area contributed by atoms with E-state index in [4.69, 9.17) is 5.73 Å². The molecule has 0 aliphatic rings. The van der Waals surface area contributed by atoms with Crippen molar-refractivity contribution in [2.24, 2.45) is 0 Å². The zero-order valence-corrected chi connectivity index (χ0v) is 10.9. The Bertz CT molecular complexity index is 685. The van der Waals surface area contributed by atoms with Crippen LogP contribution in [0.4, 0.5) is 24.8 Å². The predicted octanol–water partition coefficient (Wildman–Crippen LogP) is 2.64. The van der Waals surface area contributed by atoms with Crippen LogP contribution in [0.5, 0.6) is 0 Å². The van der Waals surface area contributed by atoms with Crippen molar-refractivity contribution in [1.82, 2.24) is 9.97 Å². The molecule has 0 aliphatic heterocycles. The molecule has 0 saturated carbocycles. The van der Waals surface area contributed by atoms with E-state index in [1.807, 2.05) is 0 Å². The fraction of sp³-hybridized carbons (Fsp3) is 0.154. The van der Waals surface area contributed by atoms with Gasteiger partial charge in [0.2, 0.25) is 5.95 Å². The van der Waals surface area contributed by atoms with Crippen LogP contribution < -0.4 is 11.1 Å². The van der Waals surface area contributed by atoms with Crippen LogP contribution in [-0.2, 0) is 6.18 Å². The van der Waals surface area contributed by atoms with Gasteiger partial charge in [0.05, 0.1) is 5.56 Å². The van der Waals surface area contributed by atoms with Gasteiger partial charge in [0.15, 0.2) is 5.69 Å². The normalized spacial score (nSPS) is 11.2. The Hall–Kier alpha value is -2.64. The summed E-state index contributed by atoms with van der Waals surface area (Å²) in [4.78, 5) is 18.5. The molecule has 0 aliphatic carbocycles. The van der Waals surface area contributed by atoms with Gasteiger partial charge in [0.25, 0.3) is 5.91 Å². The van der Waals surface area contributed by atoms with Crippen LogP contribution in [0.25, 0.3) is 0 Å². The molecule has 1 aromatic heterocycles. The lowest BCUT2D eigenvalue weighted by molar-refractivity contribution is -0.141. The van der Waals surface area contributed by atoms with Gasteiger partial charge in [-0.05, 0) is 24.6 Å². The minimum absolute atomic E-state index is 0.380. The van der Waals surface area contributed by atoms with Gasteiger partial charge < -0.3 is 11.1 Å². The van der Waals surface area contributed by atoms with Crippen molar-refractivity contribution in [2.75, 3.05) is 11.1 Å². The minimum Gasteiger partial charge on any atom is -0.368 e. The lowest BCUT2D eigenvalue weighted by Gasteiger charge is -2.12. The summed E-state index contributed by atoms with van der Waals surface area (Å²) in [5.74, 6) is -1.50. The highest BCUT2D eigenvalue weighted by atomic mass is 19.4. The van der Waals surface area contributed by atoms with Crippen molar-refractivity contribution in [2.45, 2.75) is 13.1 Å². The third-order valence-corrected chi connectivity index (χ3v) is 2.60. The number of amides is 1. The van der Waals surface area contributed by atoms with Crippen LogP contribution in [0.2, 0.25) is 0 Å². The maximum absolute atomic E-state index is 12.9. The summed E-state index contributed by atoms with van der Waals surface area (Å²) in [7, 11) is 0. The van der Waals surface area contributed by atoms with Gasteiger partial charge >= 0.3 is 6.18 Å². The minimum atomic E-state index is -4.80. The number of rotatable bonds is 2. The first kappa shape index (κ1) is 14.8. The van der Waals surface area contributed by atoms with E-state index in [1.165, 1.54) is 0 Å². The number of nitrogens with two attached hydrogens (primary N) is 1. The lowest BCUT2D eigenvalue weighted by atomic mass is 10.2. The number of hydrogen-bond donors (Lipinski definition) is 2. The second kappa shape index (κ2) is 5.39. The number of nitrogens with one attached hydrogen (secondary N) is 1. The van der Waals surface area contributed by atoms with Crippen molar-refractivity contribution in [1.29, 1.82) is 0 Å². The van der Waals surface area contributed by atoms with Crippen molar-refractivity contribution in [3.63, 3.8) is 0 Å². The number of hydrogen-bond acceptors (Lipinski definition) is 4. The van der Waals surface area contributed by atoms with Crippen LogP contribution >= 0.6 is 0 Å². The van der Waals surface area contributed by atoms with E-state index in [1.54, 1.807) is 31.2 Å². The number of benzene rings is 1. The van der Waals surface area contributed by atoms with Crippen molar-refractivity contribution >= 4 is 17.5 Å². The zero-order chi connectivity index (χ0) is 15.6. The molecule has 3 N–H and O–H groups in total. The second-order valence-electron chi connectivity index (χ2n) is 4.31. The molecule has 2 aromatic rings. The van der Waals surface area contributed by atoms with Gasteiger partial charge in [0.1, 0.15) is 0 Å². The van der Waals surface area contributed by atoms with E-state index in [9.17, 15) is 18.0 Å². The second-order valence-corrected chi connectivity index (χ2v) is 4.31. The van der Waals surface area contributed by atoms with E-state index < -0.39 is 29.3 Å². The number of alkyl halides is 3. The Morgan fingerprint density at radius 1 is 1.33 bits per heavy atom. The van der Waals surface area contributed by atoms with E-state index in [-0.39, 0.29) is 0 Å². The predicted molar refractivity (Wildman–Crippen MR) is 70.6 cm³/mol. The standard InChI is InChI=1S/C13H11F3N4O/c1-7-3-2-4-8(5-7)19-11(21)9-6-18-12(17)20-10(9)13(14,15)16/h2-6H,1H3,(H,19,21)(H2,17,18,20). The number of anilines is 2. The maximum atomic E-state index is 12.9. The number of halogens is 3. The van der Waals surface area contributed by atoms with Crippen LogP contribution in [-0.4, -0.2) is 15.9 Å². The number of nitrogen functional groups attached to an aromatic ring is 1. The van der Waals surface area contributed by atoms with Crippen molar-refractivity contribution in [3.05, 3.63) is 47.3 Å². The topological polar surface area (TPSA) is 80.9 Å². The summed E-state index contributed by atoms with van der Waals surface area (Å²) in [6.07, 6.45) is -4.04. The van der Waals surface area contributed by atoms with Gasteiger partial charge in [-0.25, -0.2) is 9.97 Å². The Morgan fingerprint density at radius 3 is 2.67 bits per heavy atom. The van der Waals surface area contributed by atoms with Gasteiger partial charge in [-0.2, -0.15) is 13.2 Å². The monoisotopic (exact) mass is 296 g/mol. The molecule has 0 unspecified atom stereocenters. The van der Waals surface area contributed by atoms with E-state index in [0.717, 1.165) is 11.8 Å². The highest BCUT2D eigenvalue weighted by molar-refractivity contribution is 6.05. The Balaban J connectivity index is 2.35. The van der Waals surface area contributed by atoms with Crippen molar-refractivity contribution < 1.29 is 18.0 Å².